The third kappa shape index (κ3) is 5.18. The average molecular weight is 342 g/mol. The van der Waals surface area contributed by atoms with Crippen LogP contribution in [0.3, 0.4) is 0 Å². The zero-order chi connectivity index (χ0) is 17.7. The van der Waals surface area contributed by atoms with E-state index in [0.29, 0.717) is 5.92 Å². The topological polar surface area (TPSA) is 26.3 Å². The number of benzene rings is 2. The highest BCUT2D eigenvalue weighted by Gasteiger charge is 2.13. The molecular weight excluding hydrogens is 315 g/mol. The van der Waals surface area contributed by atoms with Crippen LogP contribution in [0.15, 0.2) is 36.4 Å². The average Bonchev–Trinajstić information content (AvgIpc) is 2.47. The van der Waals surface area contributed by atoms with Crippen LogP contribution in [0.2, 0.25) is 0 Å². The smallest absolute Gasteiger partial charge is 0.186 e. The Balaban J connectivity index is 2.02. The molecule has 0 aliphatic carbocycles. The van der Waals surface area contributed by atoms with Crippen LogP contribution in [-0.2, 0) is 0 Å². The van der Waals surface area contributed by atoms with Crippen molar-refractivity contribution in [3.05, 3.63) is 58.7 Å². The molecule has 0 bridgehead atoms. The third-order valence-electron chi connectivity index (χ3n) is 3.98. The van der Waals surface area contributed by atoms with E-state index in [2.05, 4.69) is 32.9 Å². The second-order valence-corrected chi connectivity index (χ2v) is 8.06. The summed E-state index contributed by atoms with van der Waals surface area (Å²) in [6.07, 6.45) is 1.05. The molecule has 0 aliphatic rings. The summed E-state index contributed by atoms with van der Waals surface area (Å²) < 4.78 is 5.73. The van der Waals surface area contributed by atoms with E-state index in [1.807, 2.05) is 38.1 Å². The van der Waals surface area contributed by atoms with Crippen molar-refractivity contribution in [2.75, 3.05) is 6.61 Å². The summed E-state index contributed by atoms with van der Waals surface area (Å²) in [4.78, 5) is 12.7. The fraction of sp³-hybridized carbons (Fsp3) is 0.381. The van der Waals surface area contributed by atoms with Crippen LogP contribution in [0.1, 0.15) is 47.3 Å². The lowest BCUT2D eigenvalue weighted by molar-refractivity contribution is 0.108. The van der Waals surface area contributed by atoms with Crippen molar-refractivity contribution in [2.45, 2.75) is 41.0 Å². The third-order valence-corrected chi connectivity index (χ3v) is 5.08. The maximum absolute atomic E-state index is 12.7. The second kappa shape index (κ2) is 8.44. The first-order valence-electron chi connectivity index (χ1n) is 8.49. The molecule has 0 fully saturated rings. The molecule has 2 rings (SSSR count). The van der Waals surface area contributed by atoms with E-state index in [4.69, 9.17) is 4.74 Å². The van der Waals surface area contributed by atoms with Crippen molar-refractivity contribution in [3.63, 3.8) is 0 Å². The molecule has 1 atom stereocenters. The minimum Gasteiger partial charge on any atom is -0.494 e. The highest BCUT2D eigenvalue weighted by Crippen LogP contribution is 2.26. The van der Waals surface area contributed by atoms with Crippen molar-refractivity contribution in [3.8, 4) is 5.75 Å². The number of rotatable bonds is 7. The summed E-state index contributed by atoms with van der Waals surface area (Å²) in [5.74, 6) is 1.52. The Kier molecular flexibility index (Phi) is 6.57. The quantitative estimate of drug-likeness (QED) is 0.648. The fourth-order valence-corrected chi connectivity index (χ4v) is 3.89. The van der Waals surface area contributed by atoms with E-state index in [9.17, 15) is 4.79 Å². The van der Waals surface area contributed by atoms with E-state index in [-0.39, 0.29) is 14.1 Å². The van der Waals surface area contributed by atoms with Crippen LogP contribution in [0.5, 0.6) is 5.75 Å². The van der Waals surface area contributed by atoms with Gasteiger partial charge in [0.25, 0.3) is 0 Å². The molecule has 0 saturated carbocycles. The molecule has 0 heterocycles. The van der Waals surface area contributed by atoms with Gasteiger partial charge in [0.05, 0.1) is 6.61 Å². The molecule has 0 N–H and O–H groups in total. The molecule has 24 heavy (non-hydrogen) atoms. The van der Waals surface area contributed by atoms with Crippen LogP contribution >= 0.6 is 8.58 Å². The molecule has 2 aromatic rings. The number of hydrogen-bond donors (Lipinski definition) is 0. The lowest BCUT2D eigenvalue weighted by Crippen LogP contribution is -2.06. The van der Waals surface area contributed by atoms with Gasteiger partial charge >= 0.3 is 0 Å². The van der Waals surface area contributed by atoms with Gasteiger partial charge in [0, 0.05) is 5.56 Å². The first kappa shape index (κ1) is 18.7. The summed E-state index contributed by atoms with van der Waals surface area (Å²) >= 11 is 0. The van der Waals surface area contributed by atoms with Gasteiger partial charge in [0.15, 0.2) is 5.52 Å². The maximum Gasteiger partial charge on any atom is 0.186 e. The van der Waals surface area contributed by atoms with E-state index in [1.54, 1.807) is 0 Å². The minimum absolute atomic E-state index is 0.146. The predicted octanol–water partition coefficient (Wildman–Crippen LogP) is 5.18. The van der Waals surface area contributed by atoms with E-state index in [0.717, 1.165) is 40.8 Å². The molecule has 0 saturated heterocycles. The first-order chi connectivity index (χ1) is 11.4. The maximum atomic E-state index is 12.7. The molecule has 0 amide bonds. The zero-order valence-corrected chi connectivity index (χ0v) is 16.3. The predicted molar refractivity (Wildman–Crippen MR) is 104 cm³/mol. The summed E-state index contributed by atoms with van der Waals surface area (Å²) in [6, 6.07) is 12.1. The van der Waals surface area contributed by atoms with E-state index >= 15 is 0 Å². The Labute approximate surface area is 147 Å². The number of carbonyl (C=O) groups excluding carboxylic acids is 1. The van der Waals surface area contributed by atoms with Gasteiger partial charge in [0.1, 0.15) is 5.75 Å². The molecule has 0 spiro atoms. The van der Waals surface area contributed by atoms with Crippen molar-refractivity contribution >= 4 is 19.4 Å². The van der Waals surface area contributed by atoms with Gasteiger partial charge < -0.3 is 4.74 Å². The molecule has 0 aromatic heterocycles. The molecule has 128 valence electrons. The second-order valence-electron chi connectivity index (χ2n) is 6.78. The minimum atomic E-state index is 0.146. The number of hydrogen-bond acceptors (Lipinski definition) is 2. The summed E-state index contributed by atoms with van der Waals surface area (Å²) in [6.45, 7) is 11.2. The lowest BCUT2D eigenvalue weighted by Gasteiger charge is -2.11. The van der Waals surface area contributed by atoms with Crippen LogP contribution < -0.4 is 10.0 Å². The van der Waals surface area contributed by atoms with Crippen LogP contribution in [-0.4, -0.2) is 12.1 Å². The van der Waals surface area contributed by atoms with Gasteiger partial charge in [0.2, 0.25) is 0 Å². The Morgan fingerprint density at radius 1 is 1.04 bits per heavy atom. The fourth-order valence-electron chi connectivity index (χ4n) is 2.78. The van der Waals surface area contributed by atoms with Crippen LogP contribution in [0, 0.1) is 26.7 Å². The Morgan fingerprint density at radius 2 is 1.62 bits per heavy atom. The molecule has 1 unspecified atom stereocenters. The normalized spacial score (nSPS) is 11.4. The first-order valence-corrected chi connectivity index (χ1v) is 9.49. The Bertz CT molecular complexity index is 679. The van der Waals surface area contributed by atoms with Gasteiger partial charge in [-0.3, -0.25) is 4.79 Å². The largest absolute Gasteiger partial charge is 0.494 e. The summed E-state index contributed by atoms with van der Waals surface area (Å²) in [7, 11) is 0.146. The molecule has 2 nitrogen and oxygen atoms in total. The highest BCUT2D eigenvalue weighted by molar-refractivity contribution is 7.66. The lowest BCUT2D eigenvalue weighted by atomic mass is 10.0. The highest BCUT2D eigenvalue weighted by atomic mass is 31.1. The number of carbonyl (C=O) groups is 1. The van der Waals surface area contributed by atoms with Crippen molar-refractivity contribution in [1.29, 1.82) is 0 Å². The SMILES string of the molecule is Cc1cc(C)c(C(=O)Pc2ccc(OCCC(C)C)cc2)c(C)c1. The van der Waals surface area contributed by atoms with Gasteiger partial charge in [-0.25, -0.2) is 0 Å². The Hall–Kier alpha value is -1.66. The van der Waals surface area contributed by atoms with Crippen LogP contribution in [0.25, 0.3) is 0 Å². The standard InChI is InChI=1S/C21H27O2P/c1-14(2)10-11-23-18-6-8-19(9-7-18)24-21(22)20-16(4)12-15(3)13-17(20)5/h6-9,12-14,24H,10-11H2,1-5H3. The molecular formula is C21H27O2P. The molecule has 3 heteroatoms. The number of ether oxygens (including phenoxy) is 1. The van der Waals surface area contributed by atoms with Gasteiger partial charge in [-0.1, -0.05) is 43.7 Å². The van der Waals surface area contributed by atoms with Crippen molar-refractivity contribution in [1.82, 2.24) is 0 Å². The number of aryl methyl sites for hydroxylation is 3. The monoisotopic (exact) mass is 342 g/mol. The van der Waals surface area contributed by atoms with E-state index < -0.39 is 0 Å². The van der Waals surface area contributed by atoms with Crippen molar-refractivity contribution < 1.29 is 9.53 Å². The summed E-state index contributed by atoms with van der Waals surface area (Å²) in [5, 5.41) is 1.05. The van der Waals surface area contributed by atoms with Gasteiger partial charge in [-0.05, 0) is 70.3 Å². The zero-order valence-electron chi connectivity index (χ0n) is 15.3. The molecule has 2 aromatic carbocycles. The van der Waals surface area contributed by atoms with Gasteiger partial charge in [-0.2, -0.15) is 0 Å². The van der Waals surface area contributed by atoms with E-state index in [1.165, 1.54) is 5.56 Å². The van der Waals surface area contributed by atoms with Gasteiger partial charge in [-0.15, -0.1) is 0 Å². The molecule has 0 aliphatic heterocycles. The van der Waals surface area contributed by atoms with Crippen LogP contribution in [0.4, 0.5) is 0 Å². The van der Waals surface area contributed by atoms with Crippen molar-refractivity contribution in [2.24, 2.45) is 5.92 Å². The Morgan fingerprint density at radius 3 is 2.17 bits per heavy atom. The summed E-state index contributed by atoms with van der Waals surface area (Å²) in [5.41, 5.74) is 4.42. The molecule has 0 radical (unpaired) electrons.